The van der Waals surface area contributed by atoms with Crippen molar-refractivity contribution in [3.05, 3.63) is 128 Å². The minimum absolute atomic E-state index is 0.106. The maximum atomic E-state index is 12.3. The lowest BCUT2D eigenvalue weighted by Gasteiger charge is -2.37. The zero-order chi connectivity index (χ0) is 29.0. The molecule has 1 aliphatic heterocycles. The van der Waals surface area contributed by atoms with Crippen molar-refractivity contribution in [2.45, 2.75) is 31.3 Å². The highest BCUT2D eigenvalue weighted by Gasteiger charge is 2.42. The number of ether oxygens (including phenoxy) is 4. The third-order valence-corrected chi connectivity index (χ3v) is 7.64. The summed E-state index contributed by atoms with van der Waals surface area (Å²) >= 11 is 0. The molecule has 41 heavy (non-hydrogen) atoms. The van der Waals surface area contributed by atoms with Crippen LogP contribution in [0.1, 0.15) is 22.3 Å². The summed E-state index contributed by atoms with van der Waals surface area (Å²) < 4.78 is 25.0. The van der Waals surface area contributed by atoms with Crippen LogP contribution in [-0.2, 0) is 21.6 Å². The van der Waals surface area contributed by atoms with Crippen molar-refractivity contribution < 1.29 is 24.1 Å². The van der Waals surface area contributed by atoms with Gasteiger partial charge in [-0.1, -0.05) is 54.6 Å². The minimum atomic E-state index is -1.02. The Labute approximate surface area is 237 Å². The van der Waals surface area contributed by atoms with Gasteiger partial charge in [-0.3, -0.25) is 14.3 Å². The summed E-state index contributed by atoms with van der Waals surface area (Å²) in [5.74, 6) is 1.08. The maximum Gasteiger partial charge on any atom is 0.328 e. The number of methoxy groups -OCH3 is 2. The van der Waals surface area contributed by atoms with E-state index < -0.39 is 29.1 Å². The van der Waals surface area contributed by atoms with Crippen molar-refractivity contribution in [3.63, 3.8) is 0 Å². The number of hydrogen-bond acceptors (Lipinski definition) is 7. The zero-order valence-corrected chi connectivity index (χ0v) is 23.3. The molecule has 9 heteroatoms. The Kier molecular flexibility index (Phi) is 8.39. The molecule has 2 heterocycles. The fourth-order valence-corrected chi connectivity index (χ4v) is 5.31. The predicted molar refractivity (Wildman–Crippen MR) is 154 cm³/mol. The number of H-pyrrole nitrogens is 1. The van der Waals surface area contributed by atoms with Gasteiger partial charge in [0.25, 0.3) is 5.56 Å². The van der Waals surface area contributed by atoms with E-state index in [0.29, 0.717) is 5.56 Å². The normalized spacial score (nSPS) is 18.8. The Balaban J connectivity index is 1.48. The van der Waals surface area contributed by atoms with Crippen LogP contribution >= 0.6 is 0 Å². The van der Waals surface area contributed by atoms with Crippen molar-refractivity contribution in [2.24, 2.45) is 5.92 Å². The molecule has 1 aliphatic rings. The number of nitrogens with zero attached hydrogens (tertiary/aromatic N) is 1. The largest absolute Gasteiger partial charge is 0.497 e. The highest BCUT2D eigenvalue weighted by molar-refractivity contribution is 5.49. The molecule has 5 rings (SSSR count). The fourth-order valence-electron chi connectivity index (χ4n) is 5.31. The van der Waals surface area contributed by atoms with Crippen LogP contribution in [0.2, 0.25) is 0 Å². The monoisotopic (exact) mass is 558 g/mol. The van der Waals surface area contributed by atoms with Crippen LogP contribution in [0.3, 0.4) is 0 Å². The van der Waals surface area contributed by atoms with Crippen LogP contribution < -0.4 is 20.7 Å². The Bertz CT molecular complexity index is 1520. The molecule has 0 unspecified atom stereocenters. The molecule has 0 amide bonds. The van der Waals surface area contributed by atoms with E-state index in [4.69, 9.17) is 18.9 Å². The van der Waals surface area contributed by atoms with Crippen molar-refractivity contribution in [3.8, 4) is 11.5 Å². The fraction of sp³-hybridized carbons (Fsp3) is 0.312. The van der Waals surface area contributed by atoms with Crippen LogP contribution in [0.15, 0.2) is 94.6 Å². The number of rotatable bonds is 10. The summed E-state index contributed by atoms with van der Waals surface area (Å²) in [4.78, 5) is 26.4. The Morgan fingerprint density at radius 1 is 0.902 bits per heavy atom. The van der Waals surface area contributed by atoms with Gasteiger partial charge in [-0.15, -0.1) is 0 Å². The number of aliphatic hydroxyl groups is 1. The first-order valence-electron chi connectivity index (χ1n) is 13.4. The quantitative estimate of drug-likeness (QED) is 0.288. The third kappa shape index (κ3) is 5.69. The van der Waals surface area contributed by atoms with Crippen molar-refractivity contribution in [1.29, 1.82) is 0 Å². The van der Waals surface area contributed by atoms with Crippen molar-refractivity contribution in [2.75, 3.05) is 27.4 Å². The van der Waals surface area contributed by atoms with Crippen molar-refractivity contribution >= 4 is 0 Å². The van der Waals surface area contributed by atoms with Crippen LogP contribution in [0.4, 0.5) is 0 Å². The summed E-state index contributed by atoms with van der Waals surface area (Å²) in [7, 11) is 3.25. The van der Waals surface area contributed by atoms with E-state index in [1.165, 1.54) is 10.8 Å². The van der Waals surface area contributed by atoms with Gasteiger partial charge in [0.2, 0.25) is 0 Å². The number of aryl methyl sites for hydroxylation is 1. The lowest BCUT2D eigenvalue weighted by molar-refractivity contribution is -0.0298. The molecule has 1 saturated heterocycles. The molecule has 0 aliphatic carbocycles. The highest BCUT2D eigenvalue weighted by atomic mass is 16.5. The van der Waals surface area contributed by atoms with Crippen molar-refractivity contribution in [1.82, 2.24) is 9.55 Å². The molecular formula is C32H34N2O7. The van der Waals surface area contributed by atoms with Gasteiger partial charge >= 0.3 is 5.69 Å². The van der Waals surface area contributed by atoms with Crippen LogP contribution in [0.5, 0.6) is 11.5 Å². The van der Waals surface area contributed by atoms with E-state index in [1.54, 1.807) is 21.1 Å². The van der Waals surface area contributed by atoms with Gasteiger partial charge in [0.1, 0.15) is 23.2 Å². The molecule has 1 fully saturated rings. The Hall–Kier alpha value is -4.18. The van der Waals surface area contributed by atoms with Gasteiger partial charge in [-0.2, -0.15) is 0 Å². The molecule has 0 radical (unpaired) electrons. The molecule has 3 aromatic carbocycles. The number of aliphatic hydroxyl groups excluding tert-OH is 1. The lowest BCUT2D eigenvalue weighted by Crippen LogP contribution is -2.39. The molecule has 1 aromatic heterocycles. The summed E-state index contributed by atoms with van der Waals surface area (Å²) in [6.07, 6.45) is -0.0523. The molecule has 9 nitrogen and oxygen atoms in total. The van der Waals surface area contributed by atoms with Gasteiger partial charge in [0, 0.05) is 17.7 Å². The number of aromatic amines is 1. The zero-order valence-electron chi connectivity index (χ0n) is 23.3. The highest BCUT2D eigenvalue weighted by Crippen LogP contribution is 2.42. The van der Waals surface area contributed by atoms with Gasteiger partial charge in [0.15, 0.2) is 0 Å². The molecular weight excluding hydrogens is 524 g/mol. The van der Waals surface area contributed by atoms with E-state index in [2.05, 4.69) is 4.98 Å². The second-order valence-electron chi connectivity index (χ2n) is 10.2. The Morgan fingerprint density at radius 2 is 1.46 bits per heavy atom. The van der Waals surface area contributed by atoms with Gasteiger partial charge in [-0.25, -0.2) is 4.79 Å². The number of benzene rings is 3. The molecule has 3 atom stereocenters. The molecule has 214 valence electrons. The summed E-state index contributed by atoms with van der Waals surface area (Å²) in [6, 6.07) is 25.4. The van der Waals surface area contributed by atoms with Gasteiger partial charge in [0.05, 0.1) is 40.1 Å². The summed E-state index contributed by atoms with van der Waals surface area (Å²) in [5, 5.41) is 11.2. The molecule has 4 aromatic rings. The van der Waals surface area contributed by atoms with E-state index in [1.807, 2.05) is 78.9 Å². The average molecular weight is 559 g/mol. The molecule has 2 N–H and O–H groups in total. The minimum Gasteiger partial charge on any atom is -0.497 e. The second-order valence-corrected chi connectivity index (χ2v) is 10.2. The molecule has 0 bridgehead atoms. The summed E-state index contributed by atoms with van der Waals surface area (Å²) in [5.41, 5.74) is 1.09. The van der Waals surface area contributed by atoms with E-state index in [0.717, 1.165) is 28.2 Å². The number of hydrogen-bond donors (Lipinski definition) is 2. The standard InChI is InChI=1S/C32H34N2O7/c1-21-17-34(31(37)33-30(21)36)18-28-29(35)22(19-40-28)20-41-32(23-7-5-4-6-8-23,24-9-13-26(38-2)14-10-24)25-11-15-27(39-3)16-12-25/h4-17,22,28-29,35H,18-20H2,1-3H3,(H,33,36,37)/t22-,28-,29+/m0/s1. The van der Waals surface area contributed by atoms with Crippen LogP contribution in [0, 0.1) is 12.8 Å². The molecule has 0 spiro atoms. The van der Waals surface area contributed by atoms with E-state index >= 15 is 0 Å². The van der Waals surface area contributed by atoms with Gasteiger partial charge in [-0.05, 0) is 47.9 Å². The smallest absolute Gasteiger partial charge is 0.328 e. The van der Waals surface area contributed by atoms with Crippen LogP contribution in [0.25, 0.3) is 0 Å². The number of nitrogens with one attached hydrogen (secondary N) is 1. The van der Waals surface area contributed by atoms with E-state index in [-0.39, 0.29) is 25.7 Å². The lowest BCUT2D eigenvalue weighted by atomic mass is 9.79. The average Bonchev–Trinajstić information content (AvgIpc) is 3.35. The predicted octanol–water partition coefficient (Wildman–Crippen LogP) is 3.25. The third-order valence-electron chi connectivity index (χ3n) is 7.64. The second kappa shape index (κ2) is 12.1. The van der Waals surface area contributed by atoms with Crippen LogP contribution in [-0.4, -0.2) is 54.3 Å². The van der Waals surface area contributed by atoms with Gasteiger partial charge < -0.3 is 24.1 Å². The first-order chi connectivity index (χ1) is 19.8. The topological polar surface area (TPSA) is 112 Å². The maximum absolute atomic E-state index is 12.3. The van der Waals surface area contributed by atoms with E-state index in [9.17, 15) is 14.7 Å². The summed E-state index contributed by atoms with van der Waals surface area (Å²) in [6.45, 7) is 2.15. The first-order valence-corrected chi connectivity index (χ1v) is 13.4. The number of aromatic nitrogens is 2. The first kappa shape index (κ1) is 28.4. The Morgan fingerprint density at radius 3 is 2.02 bits per heavy atom. The SMILES string of the molecule is COc1ccc(C(OC[C@@H]2CO[C@@H](Cn3cc(C)c(=O)[nH]c3=O)[C@@H]2O)(c2ccccc2)c2ccc(OC)cc2)cc1. The molecule has 0 saturated carbocycles.